The molecule has 5 aromatic carbocycles. The zero-order chi connectivity index (χ0) is 35.4. The number of hydrogen-bond acceptors (Lipinski definition) is 5. The smallest absolute Gasteiger partial charge is 0.416 e. The van der Waals surface area contributed by atoms with Crippen LogP contribution in [0.15, 0.2) is 84.9 Å². The van der Waals surface area contributed by atoms with Crippen LogP contribution < -0.4 is 23.7 Å². The van der Waals surface area contributed by atoms with Gasteiger partial charge in [0.25, 0.3) is 0 Å². The molecule has 1 aliphatic carbocycles. The summed E-state index contributed by atoms with van der Waals surface area (Å²) in [6.07, 6.45) is 1.62. The molecule has 0 bridgehead atoms. The summed E-state index contributed by atoms with van der Waals surface area (Å²) in [4.78, 5) is 0. The van der Waals surface area contributed by atoms with Gasteiger partial charge in [-0.1, -0.05) is 63.6 Å². The van der Waals surface area contributed by atoms with Crippen molar-refractivity contribution in [2.24, 2.45) is 0 Å². The molecule has 1 heterocycles. The van der Waals surface area contributed by atoms with Gasteiger partial charge in [0.1, 0.15) is 17.2 Å². The number of fused-ring (bicyclic) bond motifs is 8. The molecule has 1 atom stereocenters. The fourth-order valence-electron chi connectivity index (χ4n) is 7.43. The largest absolute Gasteiger partial charge is 0.497 e. The van der Waals surface area contributed by atoms with Gasteiger partial charge in [-0.15, -0.1) is 0 Å². The van der Waals surface area contributed by atoms with Crippen molar-refractivity contribution in [2.45, 2.75) is 50.8 Å². The van der Waals surface area contributed by atoms with Crippen molar-refractivity contribution in [1.29, 1.82) is 0 Å². The highest BCUT2D eigenvalue weighted by atomic mass is 19.4. The zero-order valence-corrected chi connectivity index (χ0v) is 29.0. The maximum atomic E-state index is 14.0. The summed E-state index contributed by atoms with van der Waals surface area (Å²) in [5.74, 6) is 3.09. The highest BCUT2D eigenvalue weighted by molar-refractivity contribution is 6.09. The number of rotatable bonds is 9. The van der Waals surface area contributed by atoms with E-state index in [2.05, 4.69) is 13.0 Å². The summed E-state index contributed by atoms with van der Waals surface area (Å²) >= 11 is 0. The molecule has 7 rings (SSSR count). The van der Waals surface area contributed by atoms with Gasteiger partial charge in [-0.25, -0.2) is 0 Å². The van der Waals surface area contributed by atoms with Crippen molar-refractivity contribution in [1.82, 2.24) is 0 Å². The van der Waals surface area contributed by atoms with E-state index in [0.717, 1.165) is 68.8 Å². The number of methoxy groups -OCH3 is 3. The summed E-state index contributed by atoms with van der Waals surface area (Å²) in [6, 6.07) is 23.5. The molecular weight excluding hydrogens is 641 g/mol. The van der Waals surface area contributed by atoms with Crippen LogP contribution in [0.5, 0.6) is 28.7 Å². The second kappa shape index (κ2) is 12.3. The van der Waals surface area contributed by atoms with Crippen molar-refractivity contribution >= 4 is 16.8 Å². The van der Waals surface area contributed by atoms with Crippen molar-refractivity contribution in [2.75, 3.05) is 27.9 Å². The third-order valence-corrected chi connectivity index (χ3v) is 10.0. The molecule has 5 aromatic rings. The lowest BCUT2D eigenvalue weighted by Gasteiger charge is -2.38. The zero-order valence-electron chi connectivity index (χ0n) is 29.0. The topological polar surface area (TPSA) is 46.2 Å². The molecule has 0 spiro atoms. The van der Waals surface area contributed by atoms with E-state index in [-0.39, 0.29) is 0 Å². The normalized spacial score (nSPS) is 17.1. The predicted octanol–water partition coefficient (Wildman–Crippen LogP) is 10.7. The number of halogens is 3. The Morgan fingerprint density at radius 2 is 1.36 bits per heavy atom. The molecule has 1 aliphatic heterocycles. The standard InChI is InChI=1S/C42H39F3O5/c1-7-8-21-49-29-16-11-26(12-17-29)41(25-9-14-28(46-4)15-10-25)20-19-31-38-37(30-18-13-27(42(43,44)45)22-34(30)40(38,2)3)32-23-35(47-5)36(48-6)24-33(32)39(31)50-41/h9-20,22-24H,7-8,21H2,1-6H3. The van der Waals surface area contributed by atoms with Crippen LogP contribution in [0.25, 0.3) is 28.0 Å². The van der Waals surface area contributed by atoms with Gasteiger partial charge >= 0.3 is 6.18 Å². The molecule has 0 aromatic heterocycles. The molecule has 0 saturated heterocycles. The van der Waals surface area contributed by atoms with Gasteiger partial charge in [0.05, 0.1) is 33.5 Å². The van der Waals surface area contributed by atoms with Gasteiger partial charge in [0, 0.05) is 27.5 Å². The van der Waals surface area contributed by atoms with Crippen LogP contribution >= 0.6 is 0 Å². The lowest BCUT2D eigenvalue weighted by molar-refractivity contribution is -0.137. The molecular formula is C42H39F3O5. The van der Waals surface area contributed by atoms with E-state index < -0.39 is 22.8 Å². The van der Waals surface area contributed by atoms with Crippen molar-refractivity contribution in [3.8, 4) is 39.9 Å². The molecule has 50 heavy (non-hydrogen) atoms. The third-order valence-electron chi connectivity index (χ3n) is 10.0. The maximum Gasteiger partial charge on any atom is 0.416 e. The van der Waals surface area contributed by atoms with Crippen molar-refractivity contribution in [3.05, 3.63) is 118 Å². The molecule has 1 unspecified atom stereocenters. The number of unbranched alkanes of at least 4 members (excludes halogenated alkanes) is 1. The summed E-state index contributed by atoms with van der Waals surface area (Å²) < 4.78 is 72.4. The van der Waals surface area contributed by atoms with Crippen LogP contribution in [-0.2, 0) is 17.2 Å². The van der Waals surface area contributed by atoms with Crippen LogP contribution in [0, 0.1) is 0 Å². The van der Waals surface area contributed by atoms with Crippen LogP contribution in [0.2, 0.25) is 0 Å². The van der Waals surface area contributed by atoms with E-state index in [0.29, 0.717) is 35.2 Å². The maximum absolute atomic E-state index is 14.0. The van der Waals surface area contributed by atoms with Gasteiger partial charge in [0.15, 0.2) is 17.1 Å². The van der Waals surface area contributed by atoms with Crippen LogP contribution in [-0.4, -0.2) is 27.9 Å². The number of hydrogen-bond donors (Lipinski definition) is 0. The average molecular weight is 681 g/mol. The minimum atomic E-state index is -4.48. The van der Waals surface area contributed by atoms with Crippen LogP contribution in [0.1, 0.15) is 67.0 Å². The Hall–Kier alpha value is -5.11. The monoisotopic (exact) mass is 680 g/mol. The Morgan fingerprint density at radius 3 is 1.94 bits per heavy atom. The van der Waals surface area contributed by atoms with Gasteiger partial charge in [-0.05, 0) is 88.7 Å². The first-order valence-electron chi connectivity index (χ1n) is 16.7. The molecule has 8 heteroatoms. The first-order valence-corrected chi connectivity index (χ1v) is 16.7. The van der Waals surface area contributed by atoms with Crippen molar-refractivity contribution < 1.29 is 36.9 Å². The molecule has 2 aliphatic rings. The number of ether oxygens (including phenoxy) is 5. The van der Waals surface area contributed by atoms with E-state index in [1.807, 2.05) is 80.6 Å². The van der Waals surface area contributed by atoms with E-state index in [9.17, 15) is 13.2 Å². The quantitative estimate of drug-likeness (QED) is 0.145. The second-order valence-electron chi connectivity index (χ2n) is 13.3. The average Bonchev–Trinajstić information content (AvgIpc) is 3.37. The van der Waals surface area contributed by atoms with E-state index in [1.54, 1.807) is 27.4 Å². The Bertz CT molecular complexity index is 2110. The van der Waals surface area contributed by atoms with Gasteiger partial charge in [-0.2, -0.15) is 13.2 Å². The summed E-state index contributed by atoms with van der Waals surface area (Å²) in [5, 5.41) is 1.54. The fourth-order valence-corrected chi connectivity index (χ4v) is 7.43. The lowest BCUT2D eigenvalue weighted by Crippen LogP contribution is -2.35. The lowest BCUT2D eigenvalue weighted by atomic mass is 9.76. The summed E-state index contributed by atoms with van der Waals surface area (Å²) in [5.41, 5.74) is 3.10. The second-order valence-corrected chi connectivity index (χ2v) is 13.3. The Labute approximate surface area is 290 Å². The highest BCUT2D eigenvalue weighted by Crippen LogP contribution is 2.59. The molecule has 0 amide bonds. The molecule has 5 nitrogen and oxygen atoms in total. The molecule has 258 valence electrons. The van der Waals surface area contributed by atoms with Crippen LogP contribution in [0.4, 0.5) is 13.2 Å². The van der Waals surface area contributed by atoms with E-state index in [1.165, 1.54) is 6.07 Å². The summed E-state index contributed by atoms with van der Waals surface area (Å²) in [6.45, 7) is 6.70. The molecule has 0 saturated carbocycles. The minimum Gasteiger partial charge on any atom is -0.497 e. The number of alkyl halides is 3. The fraction of sp³-hybridized carbons (Fsp3) is 0.286. The molecule has 0 N–H and O–H groups in total. The molecule has 0 fully saturated rings. The van der Waals surface area contributed by atoms with E-state index in [4.69, 9.17) is 23.7 Å². The van der Waals surface area contributed by atoms with Crippen molar-refractivity contribution in [3.63, 3.8) is 0 Å². The Morgan fingerprint density at radius 1 is 0.740 bits per heavy atom. The van der Waals surface area contributed by atoms with E-state index >= 15 is 0 Å². The minimum absolute atomic E-state index is 0.506. The SMILES string of the molecule is CCCCOc1ccc(C2(c3ccc(OC)cc3)C=Cc3c4c(c5cc(OC)c(OC)cc5c3O2)-c2ccc(C(F)(F)F)cc2C4(C)C)cc1. The van der Waals surface area contributed by atoms with Gasteiger partial charge in [-0.3, -0.25) is 0 Å². The highest BCUT2D eigenvalue weighted by Gasteiger charge is 2.45. The number of benzene rings is 5. The molecule has 0 radical (unpaired) electrons. The predicted molar refractivity (Wildman–Crippen MR) is 190 cm³/mol. The van der Waals surface area contributed by atoms with Crippen LogP contribution in [0.3, 0.4) is 0 Å². The third kappa shape index (κ3) is 5.24. The Kier molecular flexibility index (Phi) is 8.24. The summed E-state index contributed by atoms with van der Waals surface area (Å²) in [7, 11) is 4.77. The first-order chi connectivity index (χ1) is 24.0. The first kappa shape index (κ1) is 33.4. The van der Waals surface area contributed by atoms with Gasteiger partial charge in [0.2, 0.25) is 0 Å². The Balaban J connectivity index is 1.50. The van der Waals surface area contributed by atoms with Gasteiger partial charge < -0.3 is 23.7 Å².